The molecule has 0 radical (unpaired) electrons. The van der Waals surface area contributed by atoms with Gasteiger partial charge in [0.25, 0.3) is 5.89 Å². The van der Waals surface area contributed by atoms with Crippen LogP contribution in [0.25, 0.3) is 11.5 Å². The highest BCUT2D eigenvalue weighted by atomic mass is 19.1. The average Bonchev–Trinajstić information content (AvgIpc) is 2.96. The lowest BCUT2D eigenvalue weighted by Gasteiger charge is -2.10. The minimum atomic E-state index is -0.328. The Bertz CT molecular complexity index is 728. The van der Waals surface area contributed by atoms with E-state index in [1.165, 1.54) is 12.4 Å². The Balaban J connectivity index is 1.99. The monoisotopic (exact) mass is 270 g/mol. The Morgan fingerprint density at radius 2 is 2.10 bits per heavy atom. The standard InChI is InChI=1S/C14H11FN4O/c1-9-2-3-12(11(15)6-9)19-13-7-16-5-4-10(13)14-17-8-18-20-14/h2-8,19H,1H3. The Hall–Kier alpha value is -2.76. The molecule has 3 rings (SSSR count). The number of halogens is 1. The van der Waals surface area contributed by atoms with Crippen LogP contribution in [0.5, 0.6) is 0 Å². The molecule has 20 heavy (non-hydrogen) atoms. The van der Waals surface area contributed by atoms with E-state index in [0.717, 1.165) is 5.56 Å². The molecule has 0 aliphatic rings. The van der Waals surface area contributed by atoms with Gasteiger partial charge in [0.05, 0.1) is 23.1 Å². The maximum absolute atomic E-state index is 13.9. The summed E-state index contributed by atoms with van der Waals surface area (Å²) in [5.41, 5.74) is 2.48. The Morgan fingerprint density at radius 3 is 2.85 bits per heavy atom. The summed E-state index contributed by atoms with van der Waals surface area (Å²) in [6.45, 7) is 1.83. The number of nitrogens with zero attached hydrogens (tertiary/aromatic N) is 3. The van der Waals surface area contributed by atoms with Gasteiger partial charge in [0.1, 0.15) is 5.82 Å². The summed E-state index contributed by atoms with van der Waals surface area (Å²) < 4.78 is 18.9. The van der Waals surface area contributed by atoms with Crippen molar-refractivity contribution >= 4 is 11.4 Å². The number of nitrogens with one attached hydrogen (secondary N) is 1. The first-order valence-corrected chi connectivity index (χ1v) is 5.98. The van der Waals surface area contributed by atoms with Crippen molar-refractivity contribution < 1.29 is 8.91 Å². The van der Waals surface area contributed by atoms with E-state index in [1.807, 2.05) is 13.0 Å². The zero-order valence-electron chi connectivity index (χ0n) is 10.7. The summed E-state index contributed by atoms with van der Waals surface area (Å²) in [4.78, 5) is 8.01. The number of aryl methyl sites for hydroxylation is 1. The molecule has 2 aromatic heterocycles. The Morgan fingerprint density at radius 1 is 1.20 bits per heavy atom. The summed E-state index contributed by atoms with van der Waals surface area (Å²) in [5, 5.41) is 6.56. The van der Waals surface area contributed by atoms with Crippen LogP contribution >= 0.6 is 0 Å². The van der Waals surface area contributed by atoms with Crippen molar-refractivity contribution in [3.8, 4) is 11.5 Å². The predicted molar refractivity (Wildman–Crippen MR) is 71.9 cm³/mol. The molecule has 0 fully saturated rings. The third-order valence-corrected chi connectivity index (χ3v) is 2.81. The van der Waals surface area contributed by atoms with Crippen LogP contribution in [0, 0.1) is 12.7 Å². The molecule has 0 amide bonds. The van der Waals surface area contributed by atoms with E-state index in [0.29, 0.717) is 22.8 Å². The summed E-state index contributed by atoms with van der Waals surface area (Å²) >= 11 is 0. The van der Waals surface area contributed by atoms with Gasteiger partial charge in [-0.1, -0.05) is 11.2 Å². The van der Waals surface area contributed by atoms with Gasteiger partial charge in [0.2, 0.25) is 0 Å². The van der Waals surface area contributed by atoms with E-state index in [2.05, 4.69) is 20.4 Å². The molecular formula is C14H11FN4O. The highest BCUT2D eigenvalue weighted by Crippen LogP contribution is 2.28. The third kappa shape index (κ3) is 2.35. The van der Waals surface area contributed by atoms with E-state index in [-0.39, 0.29) is 5.82 Å². The van der Waals surface area contributed by atoms with Crippen molar-refractivity contribution in [3.63, 3.8) is 0 Å². The van der Waals surface area contributed by atoms with Crippen LogP contribution in [-0.2, 0) is 0 Å². The summed E-state index contributed by atoms with van der Waals surface area (Å²) in [6, 6.07) is 6.69. The van der Waals surface area contributed by atoms with Crippen LogP contribution in [-0.4, -0.2) is 15.1 Å². The van der Waals surface area contributed by atoms with Crippen molar-refractivity contribution in [3.05, 3.63) is 54.4 Å². The molecule has 3 aromatic rings. The Labute approximate surface area is 114 Å². The number of rotatable bonds is 3. The van der Waals surface area contributed by atoms with Crippen LogP contribution in [0.15, 0.2) is 47.5 Å². The van der Waals surface area contributed by atoms with E-state index in [9.17, 15) is 4.39 Å². The predicted octanol–water partition coefficient (Wildman–Crippen LogP) is 3.32. The third-order valence-electron chi connectivity index (χ3n) is 2.81. The Kier molecular flexibility index (Phi) is 3.12. The normalized spacial score (nSPS) is 10.5. The number of hydrogen-bond donors (Lipinski definition) is 1. The van der Waals surface area contributed by atoms with Crippen LogP contribution in [0.2, 0.25) is 0 Å². The number of aromatic nitrogens is 3. The lowest BCUT2D eigenvalue weighted by molar-refractivity contribution is 0.430. The fraction of sp³-hybridized carbons (Fsp3) is 0.0714. The quantitative estimate of drug-likeness (QED) is 0.791. The van der Waals surface area contributed by atoms with Gasteiger partial charge in [-0.3, -0.25) is 4.98 Å². The molecule has 1 N–H and O–H groups in total. The maximum Gasteiger partial charge on any atom is 0.259 e. The molecule has 0 unspecified atom stereocenters. The molecule has 0 bridgehead atoms. The minimum absolute atomic E-state index is 0.328. The molecule has 1 aromatic carbocycles. The molecule has 0 aliphatic carbocycles. The van der Waals surface area contributed by atoms with E-state index in [1.54, 1.807) is 24.5 Å². The van der Waals surface area contributed by atoms with Gasteiger partial charge in [-0.05, 0) is 30.7 Å². The molecular weight excluding hydrogens is 259 g/mol. The van der Waals surface area contributed by atoms with Gasteiger partial charge >= 0.3 is 0 Å². The molecule has 0 spiro atoms. The van der Waals surface area contributed by atoms with Gasteiger partial charge < -0.3 is 9.84 Å². The number of benzene rings is 1. The highest BCUT2D eigenvalue weighted by Gasteiger charge is 2.11. The first kappa shape index (κ1) is 12.3. The smallest absolute Gasteiger partial charge is 0.259 e. The fourth-order valence-corrected chi connectivity index (χ4v) is 1.84. The van der Waals surface area contributed by atoms with E-state index in [4.69, 9.17) is 4.52 Å². The van der Waals surface area contributed by atoms with Crippen molar-refractivity contribution in [2.24, 2.45) is 0 Å². The van der Waals surface area contributed by atoms with Gasteiger partial charge in [0.15, 0.2) is 6.33 Å². The molecule has 100 valence electrons. The number of hydrogen-bond acceptors (Lipinski definition) is 5. The topological polar surface area (TPSA) is 63.8 Å². The summed E-state index contributed by atoms with van der Waals surface area (Å²) in [6.07, 6.45) is 4.50. The van der Waals surface area contributed by atoms with Crippen molar-refractivity contribution in [1.82, 2.24) is 15.1 Å². The van der Waals surface area contributed by atoms with Crippen LogP contribution in [0.3, 0.4) is 0 Å². The lowest BCUT2D eigenvalue weighted by atomic mass is 10.2. The second-order valence-corrected chi connectivity index (χ2v) is 4.28. The molecule has 6 heteroatoms. The lowest BCUT2D eigenvalue weighted by Crippen LogP contribution is -1.97. The number of anilines is 2. The zero-order chi connectivity index (χ0) is 13.9. The zero-order valence-corrected chi connectivity index (χ0v) is 10.7. The molecule has 0 atom stereocenters. The van der Waals surface area contributed by atoms with Crippen molar-refractivity contribution in [2.45, 2.75) is 6.92 Å². The first-order chi connectivity index (χ1) is 9.74. The minimum Gasteiger partial charge on any atom is -0.351 e. The van der Waals surface area contributed by atoms with Crippen LogP contribution in [0.1, 0.15) is 5.56 Å². The summed E-state index contributed by atoms with van der Waals surface area (Å²) in [5.74, 6) is 0.0211. The van der Waals surface area contributed by atoms with Gasteiger partial charge in [-0.2, -0.15) is 4.98 Å². The second kappa shape index (κ2) is 5.08. The highest BCUT2D eigenvalue weighted by molar-refractivity contribution is 5.76. The first-order valence-electron chi connectivity index (χ1n) is 5.98. The van der Waals surface area contributed by atoms with Gasteiger partial charge in [-0.15, -0.1) is 0 Å². The fourth-order valence-electron chi connectivity index (χ4n) is 1.84. The van der Waals surface area contributed by atoms with Gasteiger partial charge in [0, 0.05) is 6.20 Å². The van der Waals surface area contributed by atoms with Crippen molar-refractivity contribution in [1.29, 1.82) is 0 Å². The molecule has 2 heterocycles. The molecule has 0 saturated carbocycles. The largest absolute Gasteiger partial charge is 0.351 e. The molecule has 0 saturated heterocycles. The van der Waals surface area contributed by atoms with E-state index < -0.39 is 0 Å². The SMILES string of the molecule is Cc1ccc(Nc2cnccc2-c2ncno2)c(F)c1. The second-order valence-electron chi connectivity index (χ2n) is 4.28. The summed E-state index contributed by atoms with van der Waals surface area (Å²) in [7, 11) is 0. The van der Waals surface area contributed by atoms with Crippen LogP contribution < -0.4 is 5.32 Å². The van der Waals surface area contributed by atoms with E-state index >= 15 is 0 Å². The van der Waals surface area contributed by atoms with Gasteiger partial charge in [-0.25, -0.2) is 4.39 Å². The molecule has 0 aliphatic heterocycles. The number of pyridine rings is 1. The average molecular weight is 270 g/mol. The van der Waals surface area contributed by atoms with Crippen LogP contribution in [0.4, 0.5) is 15.8 Å². The van der Waals surface area contributed by atoms with Crippen molar-refractivity contribution in [2.75, 3.05) is 5.32 Å². The maximum atomic E-state index is 13.9. The molecule has 5 nitrogen and oxygen atoms in total.